The van der Waals surface area contributed by atoms with Gasteiger partial charge in [0.2, 0.25) is 0 Å². The smallest absolute Gasteiger partial charge is 0.0575 e. The Labute approximate surface area is 135 Å². The van der Waals surface area contributed by atoms with Crippen molar-refractivity contribution in [1.82, 2.24) is 0 Å². The Balaban J connectivity index is 3.39. The second-order valence-corrected chi connectivity index (χ2v) is 4.91. The number of aliphatic carboxylic acids is 4. The van der Waals surface area contributed by atoms with E-state index < -0.39 is 47.8 Å². The van der Waals surface area contributed by atoms with Gasteiger partial charge in [0.15, 0.2) is 0 Å². The summed E-state index contributed by atoms with van der Waals surface area (Å²) in [5.41, 5.74) is 10.8. The van der Waals surface area contributed by atoms with Gasteiger partial charge in [-0.2, -0.15) is 0 Å². The second kappa shape index (κ2) is 7.53. The third-order valence-electron chi connectivity index (χ3n) is 3.45. The first-order valence-electron chi connectivity index (χ1n) is 6.53. The third-order valence-corrected chi connectivity index (χ3v) is 3.45. The van der Waals surface area contributed by atoms with Gasteiger partial charge in [-0.05, 0) is 11.1 Å². The first-order chi connectivity index (χ1) is 11.1. The van der Waals surface area contributed by atoms with Gasteiger partial charge < -0.3 is 51.1 Å². The highest BCUT2D eigenvalue weighted by Crippen LogP contribution is 2.29. The molecule has 1 aromatic rings. The minimum Gasteiger partial charge on any atom is -0.549 e. The lowest BCUT2D eigenvalue weighted by Gasteiger charge is -2.31. The summed E-state index contributed by atoms with van der Waals surface area (Å²) < 4.78 is 0. The molecule has 0 aliphatic heterocycles. The lowest BCUT2D eigenvalue weighted by molar-refractivity contribution is -0.335. The molecule has 1 rings (SSSR count). The number of nitrogens with two attached hydrogens (primary N) is 2. The summed E-state index contributed by atoms with van der Waals surface area (Å²) in [6.07, 6.45) is 0. The average molecular weight is 336 g/mol. The zero-order chi connectivity index (χ0) is 18.6. The van der Waals surface area contributed by atoms with Crippen molar-refractivity contribution in [3.05, 3.63) is 35.4 Å². The zero-order valence-electron chi connectivity index (χ0n) is 12.0. The van der Waals surface area contributed by atoms with Crippen molar-refractivity contribution in [1.29, 1.82) is 0 Å². The van der Waals surface area contributed by atoms with Crippen LogP contribution in [-0.4, -0.2) is 23.9 Å². The standard InChI is InChI=1S/C14H16N2O8/c15-9(7(11(17)18)12(19)20)5-3-1-2-4-6(5)10(16)8(13(21)22)14(23)24/h1-4,7-10H,15-16H2,(H,17,18)(H,19,20)(H,21,22)(H,23,24)/p-4. The van der Waals surface area contributed by atoms with E-state index in [-0.39, 0.29) is 11.1 Å². The molecule has 10 heteroatoms. The molecule has 24 heavy (non-hydrogen) atoms. The number of benzene rings is 1. The van der Waals surface area contributed by atoms with Gasteiger partial charge in [-0.1, -0.05) is 24.3 Å². The highest BCUT2D eigenvalue weighted by Gasteiger charge is 2.29. The summed E-state index contributed by atoms with van der Waals surface area (Å²) in [7, 11) is 0. The number of carbonyl (C=O) groups excluding carboxylic acids is 4. The van der Waals surface area contributed by atoms with E-state index in [2.05, 4.69) is 0 Å². The van der Waals surface area contributed by atoms with Gasteiger partial charge in [0.1, 0.15) is 0 Å². The molecule has 0 heterocycles. The molecule has 0 spiro atoms. The minimum atomic E-state index is -2.26. The normalized spacial score (nSPS) is 13.5. The number of carboxylic acid groups (broad SMARTS) is 4. The fourth-order valence-corrected chi connectivity index (χ4v) is 2.26. The van der Waals surface area contributed by atoms with Crippen LogP contribution in [0.3, 0.4) is 0 Å². The molecule has 10 nitrogen and oxygen atoms in total. The predicted octanol–water partition coefficient (Wildman–Crippen LogP) is -6.08. The Morgan fingerprint density at radius 1 is 0.667 bits per heavy atom. The highest BCUT2D eigenvalue weighted by molar-refractivity contribution is 5.93. The lowest BCUT2D eigenvalue weighted by atomic mass is 9.84. The molecule has 2 atom stereocenters. The Bertz CT molecular complexity index is 589. The van der Waals surface area contributed by atoms with E-state index >= 15 is 0 Å². The molecule has 0 saturated carbocycles. The molecule has 0 aromatic heterocycles. The molecule has 0 amide bonds. The highest BCUT2D eigenvalue weighted by atomic mass is 16.4. The number of hydrogen-bond donors (Lipinski definition) is 2. The third kappa shape index (κ3) is 3.86. The summed E-state index contributed by atoms with van der Waals surface area (Å²) in [5.74, 6) is -12.6. The van der Waals surface area contributed by atoms with Crippen molar-refractivity contribution < 1.29 is 39.6 Å². The van der Waals surface area contributed by atoms with Crippen LogP contribution in [0.5, 0.6) is 0 Å². The first-order valence-corrected chi connectivity index (χ1v) is 6.53. The van der Waals surface area contributed by atoms with Crippen LogP contribution in [0, 0.1) is 11.8 Å². The quantitative estimate of drug-likeness (QED) is 0.428. The van der Waals surface area contributed by atoms with Gasteiger partial charge in [-0.3, -0.25) is 0 Å². The molecule has 2 unspecified atom stereocenters. The fraction of sp³-hybridized carbons (Fsp3) is 0.286. The van der Waals surface area contributed by atoms with E-state index in [1.165, 1.54) is 24.3 Å². The van der Waals surface area contributed by atoms with E-state index in [9.17, 15) is 39.6 Å². The molecule has 1 aromatic carbocycles. The van der Waals surface area contributed by atoms with Crippen molar-refractivity contribution >= 4 is 23.9 Å². The SMILES string of the molecule is NC(c1ccccc1C(N)C(C(=O)[O-])C(=O)[O-])C(C(=O)[O-])C(=O)[O-]. The zero-order valence-corrected chi connectivity index (χ0v) is 12.0. The lowest BCUT2D eigenvalue weighted by Crippen LogP contribution is -2.50. The molecule has 0 radical (unpaired) electrons. The van der Waals surface area contributed by atoms with Gasteiger partial charge in [-0.15, -0.1) is 0 Å². The van der Waals surface area contributed by atoms with Crippen LogP contribution < -0.4 is 31.9 Å². The van der Waals surface area contributed by atoms with Crippen LogP contribution in [0.25, 0.3) is 0 Å². The van der Waals surface area contributed by atoms with Gasteiger partial charge >= 0.3 is 0 Å². The van der Waals surface area contributed by atoms with E-state index in [0.29, 0.717) is 0 Å². The van der Waals surface area contributed by atoms with Crippen molar-refractivity contribution in [3.63, 3.8) is 0 Å². The van der Waals surface area contributed by atoms with Crippen LogP contribution in [-0.2, 0) is 19.2 Å². The molecule has 0 bridgehead atoms. The number of hydrogen-bond acceptors (Lipinski definition) is 10. The summed E-state index contributed by atoms with van der Waals surface area (Å²) in [4.78, 5) is 43.7. The van der Waals surface area contributed by atoms with E-state index in [4.69, 9.17) is 11.5 Å². The van der Waals surface area contributed by atoms with Gasteiger partial charge in [-0.25, -0.2) is 0 Å². The summed E-state index contributed by atoms with van der Waals surface area (Å²) in [6, 6.07) is 1.62. The molecular formula is C14H12N2O8-4. The van der Waals surface area contributed by atoms with Gasteiger partial charge in [0.05, 0.1) is 35.7 Å². The molecule has 0 saturated heterocycles. The average Bonchev–Trinajstić information content (AvgIpc) is 2.45. The van der Waals surface area contributed by atoms with E-state index in [1.54, 1.807) is 0 Å². The van der Waals surface area contributed by atoms with Crippen molar-refractivity contribution in [2.45, 2.75) is 12.1 Å². The van der Waals surface area contributed by atoms with Crippen LogP contribution in [0.15, 0.2) is 24.3 Å². The predicted molar refractivity (Wildman–Crippen MR) is 67.3 cm³/mol. The van der Waals surface area contributed by atoms with Crippen LogP contribution >= 0.6 is 0 Å². The van der Waals surface area contributed by atoms with Crippen LogP contribution in [0.1, 0.15) is 23.2 Å². The van der Waals surface area contributed by atoms with Gasteiger partial charge in [0, 0.05) is 12.1 Å². The Kier molecular flexibility index (Phi) is 5.98. The monoisotopic (exact) mass is 336 g/mol. The Hall–Kier alpha value is -2.98. The Morgan fingerprint density at radius 3 is 1.12 bits per heavy atom. The van der Waals surface area contributed by atoms with E-state index in [0.717, 1.165) is 0 Å². The minimum absolute atomic E-state index is 0.184. The van der Waals surface area contributed by atoms with Gasteiger partial charge in [0.25, 0.3) is 0 Å². The molecular weight excluding hydrogens is 324 g/mol. The maximum absolute atomic E-state index is 10.9. The molecule has 0 aliphatic rings. The molecule has 130 valence electrons. The van der Waals surface area contributed by atoms with Crippen molar-refractivity contribution in [3.8, 4) is 0 Å². The molecule has 0 aliphatic carbocycles. The number of carbonyl (C=O) groups is 4. The summed E-state index contributed by atoms with van der Waals surface area (Å²) in [6.45, 7) is 0. The first kappa shape index (κ1) is 19.1. The largest absolute Gasteiger partial charge is 0.549 e. The molecule has 0 fully saturated rings. The summed E-state index contributed by atoms with van der Waals surface area (Å²) in [5, 5.41) is 43.7. The van der Waals surface area contributed by atoms with Crippen molar-refractivity contribution in [2.24, 2.45) is 23.3 Å². The van der Waals surface area contributed by atoms with Crippen LogP contribution in [0.2, 0.25) is 0 Å². The van der Waals surface area contributed by atoms with E-state index in [1.807, 2.05) is 0 Å². The fourth-order valence-electron chi connectivity index (χ4n) is 2.26. The number of carboxylic acids is 4. The maximum Gasteiger partial charge on any atom is 0.0575 e. The summed E-state index contributed by atoms with van der Waals surface area (Å²) >= 11 is 0. The van der Waals surface area contributed by atoms with Crippen molar-refractivity contribution in [2.75, 3.05) is 0 Å². The molecule has 4 N–H and O–H groups in total. The topological polar surface area (TPSA) is 213 Å². The second-order valence-electron chi connectivity index (χ2n) is 4.91. The van der Waals surface area contributed by atoms with Crippen LogP contribution in [0.4, 0.5) is 0 Å². The maximum atomic E-state index is 10.9. The number of rotatable bonds is 8. The Morgan fingerprint density at radius 2 is 0.917 bits per heavy atom.